The molecule has 0 spiro atoms. The number of rotatable bonds is 2. The molecular weight excluding hydrogens is 333 g/mol. The highest BCUT2D eigenvalue weighted by Gasteiger charge is 2.34. The van der Waals surface area contributed by atoms with E-state index >= 15 is 0 Å². The summed E-state index contributed by atoms with van der Waals surface area (Å²) in [7, 11) is 1.14. The second kappa shape index (κ2) is 5.56. The minimum Gasteiger partial charge on any atom is -0.323 e. The van der Waals surface area contributed by atoms with Gasteiger partial charge in [-0.1, -0.05) is 11.6 Å². The van der Waals surface area contributed by atoms with Crippen LogP contribution >= 0.6 is 11.6 Å². The van der Waals surface area contributed by atoms with Crippen LogP contribution in [0.15, 0.2) is 23.0 Å². The number of benzene rings is 1. The Hall–Kier alpha value is -2.16. The van der Waals surface area contributed by atoms with Crippen LogP contribution in [-0.4, -0.2) is 9.55 Å². The summed E-state index contributed by atoms with van der Waals surface area (Å²) in [4.78, 5) is 14.7. The first-order valence-electron chi connectivity index (χ1n) is 5.67. The van der Waals surface area contributed by atoms with Crippen LogP contribution in [0, 0.1) is 11.6 Å². The smallest absolute Gasteiger partial charge is 0.323 e. The molecule has 1 aromatic heterocycles. The summed E-state index contributed by atoms with van der Waals surface area (Å²) in [6.07, 6.45) is -4.84. The first-order valence-corrected chi connectivity index (χ1v) is 6.05. The largest absolute Gasteiger partial charge is 0.433 e. The molecule has 0 amide bonds. The van der Waals surface area contributed by atoms with E-state index in [0.717, 1.165) is 23.7 Å². The van der Waals surface area contributed by atoms with Gasteiger partial charge >= 0.3 is 6.18 Å². The fourth-order valence-corrected chi connectivity index (χ4v) is 1.70. The summed E-state index contributed by atoms with van der Waals surface area (Å²) < 4.78 is 65.4. The number of nitrogens with zero attached hydrogens (tertiary/aromatic N) is 2. The molecule has 0 aliphatic heterocycles. The minimum atomic E-state index is -4.84. The highest BCUT2D eigenvalue weighted by molar-refractivity contribution is 6.31. The van der Waals surface area contributed by atoms with Gasteiger partial charge in [0.15, 0.2) is 11.5 Å². The highest BCUT2D eigenvalue weighted by Crippen LogP contribution is 2.29. The van der Waals surface area contributed by atoms with Crippen molar-refractivity contribution in [1.82, 2.24) is 9.55 Å². The molecule has 10 heteroatoms. The summed E-state index contributed by atoms with van der Waals surface area (Å²) in [5.74, 6) is -2.81. The lowest BCUT2D eigenvalue weighted by atomic mass is 10.3. The lowest BCUT2D eigenvalue weighted by Crippen LogP contribution is -2.24. The van der Waals surface area contributed by atoms with E-state index in [0.29, 0.717) is 6.07 Å². The Bertz CT molecular complexity index is 788. The third-order valence-corrected chi connectivity index (χ3v) is 3.05. The zero-order chi connectivity index (χ0) is 16.7. The zero-order valence-corrected chi connectivity index (χ0v) is 11.6. The van der Waals surface area contributed by atoms with Gasteiger partial charge in [0.2, 0.25) is 5.95 Å². The van der Waals surface area contributed by atoms with Gasteiger partial charge in [-0.2, -0.15) is 13.2 Å². The van der Waals surface area contributed by atoms with Gasteiger partial charge in [-0.25, -0.2) is 13.8 Å². The summed E-state index contributed by atoms with van der Waals surface area (Å²) in [5, 5.41) is 1.36. The molecule has 0 atom stereocenters. The number of hydrogen-bond donors (Lipinski definition) is 1. The molecule has 2 rings (SSSR count). The Balaban J connectivity index is 2.53. The van der Waals surface area contributed by atoms with E-state index in [1.54, 1.807) is 0 Å². The first kappa shape index (κ1) is 16.2. The van der Waals surface area contributed by atoms with Crippen LogP contribution in [0.25, 0.3) is 0 Å². The molecule has 2 aromatic rings. The molecule has 118 valence electrons. The average Bonchev–Trinajstić information content (AvgIpc) is 2.43. The second-order valence-corrected chi connectivity index (χ2v) is 4.59. The number of anilines is 2. The molecule has 0 saturated carbocycles. The Morgan fingerprint density at radius 3 is 2.50 bits per heavy atom. The molecule has 1 heterocycles. The molecule has 0 aliphatic rings. The molecule has 4 nitrogen and oxygen atoms in total. The SMILES string of the molecule is Cn1c(Nc2ccc(F)c(Cl)c2F)nc(C(F)(F)F)cc1=O. The van der Waals surface area contributed by atoms with Crippen LogP contribution in [0.5, 0.6) is 0 Å². The Labute approximate surface area is 125 Å². The average molecular weight is 340 g/mol. The topological polar surface area (TPSA) is 46.9 Å². The lowest BCUT2D eigenvalue weighted by molar-refractivity contribution is -0.141. The monoisotopic (exact) mass is 339 g/mol. The van der Waals surface area contributed by atoms with Crippen molar-refractivity contribution in [1.29, 1.82) is 0 Å². The summed E-state index contributed by atoms with van der Waals surface area (Å²) >= 11 is 5.37. The predicted molar refractivity (Wildman–Crippen MR) is 69.1 cm³/mol. The molecule has 1 aromatic carbocycles. The summed E-state index contributed by atoms with van der Waals surface area (Å²) in [5.41, 5.74) is -2.86. The van der Waals surface area contributed by atoms with Gasteiger partial charge in [-0.15, -0.1) is 0 Å². The maximum atomic E-state index is 13.7. The third kappa shape index (κ3) is 3.03. The summed E-state index contributed by atoms with van der Waals surface area (Å²) in [6, 6.07) is 2.04. The van der Waals surface area contributed by atoms with Gasteiger partial charge < -0.3 is 5.32 Å². The first-order chi connectivity index (χ1) is 10.1. The molecular formula is C12H7ClF5N3O. The number of nitrogens with one attached hydrogen (secondary N) is 1. The van der Waals surface area contributed by atoms with Crippen molar-refractivity contribution in [3.05, 3.63) is 50.9 Å². The van der Waals surface area contributed by atoms with E-state index in [2.05, 4.69) is 10.3 Å². The van der Waals surface area contributed by atoms with Crippen LogP contribution in [0.2, 0.25) is 5.02 Å². The van der Waals surface area contributed by atoms with Crippen molar-refractivity contribution in [3.63, 3.8) is 0 Å². The van der Waals surface area contributed by atoms with Crippen LogP contribution in [0.3, 0.4) is 0 Å². The van der Waals surface area contributed by atoms with E-state index in [1.807, 2.05) is 0 Å². The normalized spacial score (nSPS) is 11.6. The van der Waals surface area contributed by atoms with E-state index in [-0.39, 0.29) is 0 Å². The number of aromatic nitrogens is 2. The van der Waals surface area contributed by atoms with E-state index in [4.69, 9.17) is 11.6 Å². The van der Waals surface area contributed by atoms with Crippen LogP contribution in [0.1, 0.15) is 5.69 Å². The molecule has 22 heavy (non-hydrogen) atoms. The fraction of sp³-hybridized carbons (Fsp3) is 0.167. The van der Waals surface area contributed by atoms with Gasteiger partial charge in [0.25, 0.3) is 5.56 Å². The number of halogens is 6. The van der Waals surface area contributed by atoms with Crippen LogP contribution in [0.4, 0.5) is 33.6 Å². The van der Waals surface area contributed by atoms with Crippen molar-refractivity contribution in [3.8, 4) is 0 Å². The molecule has 1 N–H and O–H groups in total. The molecule has 0 unspecified atom stereocenters. The van der Waals surface area contributed by atoms with Crippen molar-refractivity contribution >= 4 is 23.2 Å². The Kier molecular flexibility index (Phi) is 4.10. The number of hydrogen-bond acceptors (Lipinski definition) is 3. The molecule has 0 radical (unpaired) electrons. The Morgan fingerprint density at radius 2 is 1.91 bits per heavy atom. The van der Waals surface area contributed by atoms with E-state index in [1.165, 1.54) is 0 Å². The van der Waals surface area contributed by atoms with Gasteiger partial charge in [0.05, 0.1) is 5.69 Å². The zero-order valence-electron chi connectivity index (χ0n) is 10.8. The van der Waals surface area contributed by atoms with Gasteiger partial charge in [-0.05, 0) is 12.1 Å². The third-order valence-electron chi connectivity index (χ3n) is 2.71. The van der Waals surface area contributed by atoms with E-state index < -0.39 is 45.7 Å². The molecule has 0 fully saturated rings. The quantitative estimate of drug-likeness (QED) is 0.673. The van der Waals surface area contributed by atoms with Gasteiger partial charge in [-0.3, -0.25) is 9.36 Å². The van der Waals surface area contributed by atoms with E-state index in [9.17, 15) is 26.7 Å². The van der Waals surface area contributed by atoms with Crippen LogP contribution in [-0.2, 0) is 13.2 Å². The van der Waals surface area contributed by atoms with Crippen molar-refractivity contribution < 1.29 is 22.0 Å². The maximum absolute atomic E-state index is 13.7. The maximum Gasteiger partial charge on any atom is 0.433 e. The standard InChI is InChI=1S/C12H7ClF5N3O/c1-21-8(22)4-7(12(16,17)18)20-11(21)19-6-3-2-5(14)9(13)10(6)15/h2-4H,1H3,(H,19,20). The Morgan fingerprint density at radius 1 is 1.27 bits per heavy atom. The summed E-state index contributed by atoms with van der Waals surface area (Å²) in [6.45, 7) is 0. The van der Waals surface area contributed by atoms with Crippen molar-refractivity contribution in [2.45, 2.75) is 6.18 Å². The van der Waals surface area contributed by atoms with Gasteiger partial charge in [0, 0.05) is 13.1 Å². The fourth-order valence-electron chi connectivity index (χ4n) is 1.54. The van der Waals surface area contributed by atoms with Crippen molar-refractivity contribution in [2.75, 3.05) is 5.32 Å². The van der Waals surface area contributed by atoms with Gasteiger partial charge in [0.1, 0.15) is 10.8 Å². The molecule has 0 bridgehead atoms. The van der Waals surface area contributed by atoms with Crippen LogP contribution < -0.4 is 10.9 Å². The lowest BCUT2D eigenvalue weighted by Gasteiger charge is -2.13. The highest BCUT2D eigenvalue weighted by atomic mass is 35.5. The predicted octanol–water partition coefficient (Wildman–Crippen LogP) is 3.47. The minimum absolute atomic E-state index is 0.305. The van der Waals surface area contributed by atoms with Crippen molar-refractivity contribution in [2.24, 2.45) is 7.05 Å². The second-order valence-electron chi connectivity index (χ2n) is 4.21. The molecule has 0 aliphatic carbocycles. The molecule has 0 saturated heterocycles. The number of alkyl halides is 3.